The number of hydrogen-bond acceptors (Lipinski definition) is 4. The molecule has 2 N–H and O–H groups in total. The van der Waals surface area contributed by atoms with Crippen LogP contribution >= 0.6 is 0 Å². The van der Waals surface area contributed by atoms with E-state index in [9.17, 15) is 19.7 Å². The van der Waals surface area contributed by atoms with Crippen LogP contribution < -0.4 is 5.32 Å². The number of non-ortho nitro benzene ring substituents is 1. The first-order valence-corrected chi connectivity index (χ1v) is 6.81. The lowest BCUT2D eigenvalue weighted by Gasteiger charge is -2.19. The van der Waals surface area contributed by atoms with Gasteiger partial charge in [-0.05, 0) is 29.7 Å². The lowest BCUT2D eigenvalue weighted by molar-refractivity contribution is -0.384. The van der Waals surface area contributed by atoms with Crippen LogP contribution in [0.1, 0.15) is 25.8 Å². The Labute approximate surface area is 127 Å². The van der Waals surface area contributed by atoms with E-state index in [1.807, 2.05) is 6.92 Å². The molecule has 1 aromatic rings. The Kier molecular flexibility index (Phi) is 6.25. The highest BCUT2D eigenvalue weighted by molar-refractivity contribution is 5.94. The van der Waals surface area contributed by atoms with Crippen LogP contribution in [-0.2, 0) is 9.59 Å². The second kappa shape index (κ2) is 7.92. The normalized spacial score (nSPS) is 13.5. The van der Waals surface area contributed by atoms with Gasteiger partial charge in [0.2, 0.25) is 5.91 Å². The van der Waals surface area contributed by atoms with Gasteiger partial charge < -0.3 is 10.4 Å². The molecule has 0 aliphatic heterocycles. The van der Waals surface area contributed by atoms with Crippen molar-refractivity contribution in [3.63, 3.8) is 0 Å². The third-order valence-corrected chi connectivity index (χ3v) is 3.31. The summed E-state index contributed by atoms with van der Waals surface area (Å²) in [7, 11) is 0. The summed E-state index contributed by atoms with van der Waals surface area (Å²) in [6.45, 7) is 3.60. The van der Waals surface area contributed by atoms with Gasteiger partial charge in [0.05, 0.1) is 4.92 Å². The lowest BCUT2D eigenvalue weighted by Crippen LogP contribution is -2.44. The first kappa shape index (κ1) is 17.4. The fourth-order valence-electron chi connectivity index (χ4n) is 1.76. The second-order valence-electron chi connectivity index (χ2n) is 4.89. The number of benzene rings is 1. The molecule has 0 fully saturated rings. The summed E-state index contributed by atoms with van der Waals surface area (Å²) in [5.41, 5.74) is 0.570. The Morgan fingerprint density at radius 2 is 1.95 bits per heavy atom. The summed E-state index contributed by atoms with van der Waals surface area (Å²) in [5.74, 6) is -1.79. The molecule has 0 radical (unpaired) electrons. The number of carbonyl (C=O) groups is 2. The summed E-state index contributed by atoms with van der Waals surface area (Å²) in [6, 6.07) is 4.73. The number of carboxylic acids is 1. The van der Waals surface area contributed by atoms with Crippen molar-refractivity contribution >= 4 is 23.6 Å². The van der Waals surface area contributed by atoms with Crippen molar-refractivity contribution in [3.05, 3.63) is 46.0 Å². The molecule has 2 unspecified atom stereocenters. The van der Waals surface area contributed by atoms with Crippen molar-refractivity contribution in [1.29, 1.82) is 0 Å². The summed E-state index contributed by atoms with van der Waals surface area (Å²) >= 11 is 0. The Balaban J connectivity index is 2.70. The molecule has 0 saturated heterocycles. The second-order valence-corrected chi connectivity index (χ2v) is 4.89. The maximum Gasteiger partial charge on any atom is 0.326 e. The highest BCUT2D eigenvalue weighted by Gasteiger charge is 2.24. The van der Waals surface area contributed by atoms with Gasteiger partial charge in [-0.3, -0.25) is 14.9 Å². The predicted octanol–water partition coefficient (Wildman–Crippen LogP) is 2.22. The molecule has 22 heavy (non-hydrogen) atoms. The van der Waals surface area contributed by atoms with Crippen molar-refractivity contribution in [2.24, 2.45) is 5.92 Å². The predicted molar refractivity (Wildman–Crippen MR) is 81.2 cm³/mol. The van der Waals surface area contributed by atoms with Crippen LogP contribution in [0.2, 0.25) is 0 Å². The van der Waals surface area contributed by atoms with E-state index in [2.05, 4.69) is 5.32 Å². The van der Waals surface area contributed by atoms with Crippen molar-refractivity contribution in [1.82, 2.24) is 5.32 Å². The first-order valence-electron chi connectivity index (χ1n) is 6.81. The van der Waals surface area contributed by atoms with E-state index in [1.165, 1.54) is 36.4 Å². The first-order chi connectivity index (χ1) is 10.3. The van der Waals surface area contributed by atoms with Gasteiger partial charge in [0, 0.05) is 18.2 Å². The molecule has 7 heteroatoms. The molecule has 118 valence electrons. The molecule has 2 atom stereocenters. The standard InChI is InChI=1S/C15H18N2O5/c1-3-10(2)14(15(19)20)16-13(18)9-6-11-4-7-12(8-5-11)17(21)22/h4-10,14H,3H2,1-2H3,(H,16,18)(H,19,20)/b9-6+. The molecule has 0 aromatic heterocycles. The molecule has 1 aromatic carbocycles. The zero-order chi connectivity index (χ0) is 16.7. The smallest absolute Gasteiger partial charge is 0.326 e. The maximum absolute atomic E-state index is 11.8. The van der Waals surface area contributed by atoms with Crippen LogP contribution in [0, 0.1) is 16.0 Å². The third kappa shape index (κ3) is 5.01. The van der Waals surface area contributed by atoms with Crippen molar-refractivity contribution in [2.75, 3.05) is 0 Å². The average molecular weight is 306 g/mol. The molecule has 0 bridgehead atoms. The summed E-state index contributed by atoms with van der Waals surface area (Å²) in [5, 5.41) is 22.0. The van der Waals surface area contributed by atoms with E-state index in [0.717, 1.165) is 0 Å². The minimum absolute atomic E-state index is 0.0377. The summed E-state index contributed by atoms with van der Waals surface area (Å²) < 4.78 is 0. The van der Waals surface area contributed by atoms with E-state index in [0.29, 0.717) is 12.0 Å². The van der Waals surface area contributed by atoms with E-state index >= 15 is 0 Å². The number of rotatable bonds is 7. The summed E-state index contributed by atoms with van der Waals surface area (Å²) in [6.07, 6.45) is 3.30. The minimum Gasteiger partial charge on any atom is -0.480 e. The van der Waals surface area contributed by atoms with Crippen LogP contribution in [0.25, 0.3) is 6.08 Å². The van der Waals surface area contributed by atoms with Gasteiger partial charge in [-0.15, -0.1) is 0 Å². The van der Waals surface area contributed by atoms with Gasteiger partial charge in [0.25, 0.3) is 5.69 Å². The topological polar surface area (TPSA) is 110 Å². The van der Waals surface area contributed by atoms with Crippen molar-refractivity contribution < 1.29 is 19.6 Å². The quantitative estimate of drug-likeness (QED) is 0.456. The Hall–Kier alpha value is -2.70. The molecule has 7 nitrogen and oxygen atoms in total. The molecule has 0 heterocycles. The van der Waals surface area contributed by atoms with Gasteiger partial charge in [-0.25, -0.2) is 4.79 Å². The van der Waals surface area contributed by atoms with Crippen LogP contribution in [0.4, 0.5) is 5.69 Å². The highest BCUT2D eigenvalue weighted by atomic mass is 16.6. The molecule has 0 aliphatic rings. The Morgan fingerprint density at radius 1 is 1.36 bits per heavy atom. The van der Waals surface area contributed by atoms with E-state index in [4.69, 9.17) is 5.11 Å². The SMILES string of the molecule is CCC(C)C(NC(=O)/C=C/c1ccc([N+](=O)[O-])cc1)C(=O)O. The number of carbonyl (C=O) groups excluding carboxylic acids is 1. The minimum atomic E-state index is -1.08. The third-order valence-electron chi connectivity index (χ3n) is 3.31. The largest absolute Gasteiger partial charge is 0.480 e. The Bertz CT molecular complexity index is 580. The van der Waals surface area contributed by atoms with Crippen LogP contribution in [0.3, 0.4) is 0 Å². The fourth-order valence-corrected chi connectivity index (χ4v) is 1.76. The molecular formula is C15H18N2O5. The Morgan fingerprint density at radius 3 is 2.41 bits per heavy atom. The van der Waals surface area contributed by atoms with Gasteiger partial charge in [0.15, 0.2) is 0 Å². The number of hydrogen-bond donors (Lipinski definition) is 2. The molecule has 1 rings (SSSR count). The number of carboxylic acid groups (broad SMARTS) is 1. The maximum atomic E-state index is 11.8. The zero-order valence-electron chi connectivity index (χ0n) is 12.4. The van der Waals surface area contributed by atoms with Crippen molar-refractivity contribution in [3.8, 4) is 0 Å². The number of nitro groups is 1. The number of nitro benzene ring substituents is 1. The van der Waals surface area contributed by atoms with E-state index in [1.54, 1.807) is 6.92 Å². The van der Waals surface area contributed by atoms with Gasteiger partial charge in [0.1, 0.15) is 6.04 Å². The van der Waals surface area contributed by atoms with Crippen LogP contribution in [-0.4, -0.2) is 27.9 Å². The molecular weight excluding hydrogens is 288 g/mol. The lowest BCUT2D eigenvalue weighted by atomic mass is 9.99. The highest BCUT2D eigenvalue weighted by Crippen LogP contribution is 2.13. The number of nitrogens with one attached hydrogen (secondary N) is 1. The molecule has 0 spiro atoms. The van der Waals surface area contributed by atoms with E-state index < -0.39 is 22.8 Å². The average Bonchev–Trinajstić information content (AvgIpc) is 2.49. The van der Waals surface area contributed by atoms with Crippen LogP contribution in [0.5, 0.6) is 0 Å². The van der Waals surface area contributed by atoms with Gasteiger partial charge in [-0.1, -0.05) is 20.3 Å². The van der Waals surface area contributed by atoms with E-state index in [-0.39, 0.29) is 11.6 Å². The van der Waals surface area contributed by atoms with Crippen LogP contribution in [0.15, 0.2) is 30.3 Å². The molecule has 0 aliphatic carbocycles. The van der Waals surface area contributed by atoms with Gasteiger partial charge >= 0.3 is 5.97 Å². The molecule has 1 amide bonds. The van der Waals surface area contributed by atoms with Gasteiger partial charge in [-0.2, -0.15) is 0 Å². The number of nitrogens with zero attached hydrogens (tertiary/aromatic N) is 1. The molecule has 0 saturated carbocycles. The summed E-state index contributed by atoms with van der Waals surface area (Å²) in [4.78, 5) is 32.9. The number of amides is 1. The van der Waals surface area contributed by atoms with Crippen molar-refractivity contribution in [2.45, 2.75) is 26.3 Å². The zero-order valence-corrected chi connectivity index (χ0v) is 12.4. The monoisotopic (exact) mass is 306 g/mol. The number of aliphatic carboxylic acids is 1. The fraction of sp³-hybridized carbons (Fsp3) is 0.333.